The summed E-state index contributed by atoms with van der Waals surface area (Å²) in [6, 6.07) is 0.495. The summed E-state index contributed by atoms with van der Waals surface area (Å²) >= 11 is 0. The van der Waals surface area contributed by atoms with Crippen LogP contribution < -0.4 is 11.3 Å². The van der Waals surface area contributed by atoms with Crippen LogP contribution in [0.1, 0.15) is 33.6 Å². The molecule has 0 aliphatic carbocycles. The van der Waals surface area contributed by atoms with Crippen molar-refractivity contribution in [1.82, 2.24) is 5.43 Å². The summed E-state index contributed by atoms with van der Waals surface area (Å²) in [6.45, 7) is 6.53. The molecule has 1 atom stereocenters. The fourth-order valence-corrected chi connectivity index (χ4v) is 0.920. The number of hydrogen-bond acceptors (Lipinski definition) is 2. The van der Waals surface area contributed by atoms with E-state index < -0.39 is 0 Å². The number of hydrazine groups is 1. The Balaban J connectivity index is 3.41. The zero-order valence-electron chi connectivity index (χ0n) is 6.65. The summed E-state index contributed by atoms with van der Waals surface area (Å²) in [5.74, 6) is 5.96. The van der Waals surface area contributed by atoms with E-state index in [9.17, 15) is 0 Å². The molecule has 56 valence electrons. The molecule has 2 nitrogen and oxygen atoms in total. The van der Waals surface area contributed by atoms with E-state index in [2.05, 4.69) is 26.2 Å². The third-order valence-electron chi connectivity index (χ3n) is 1.62. The quantitative estimate of drug-likeness (QED) is 0.444. The molecule has 3 N–H and O–H groups in total. The molecule has 0 bridgehead atoms. The maximum absolute atomic E-state index is 5.31. The van der Waals surface area contributed by atoms with Crippen molar-refractivity contribution in [2.75, 3.05) is 0 Å². The fraction of sp³-hybridized carbons (Fsp3) is 1.00. The molecule has 0 saturated heterocycles. The highest BCUT2D eigenvalue weighted by atomic mass is 15.2. The minimum Gasteiger partial charge on any atom is -0.271 e. The average molecular weight is 130 g/mol. The lowest BCUT2D eigenvalue weighted by atomic mass is 10.0. The molecule has 0 fully saturated rings. The second-order valence-electron chi connectivity index (χ2n) is 2.81. The van der Waals surface area contributed by atoms with Crippen LogP contribution in [0.2, 0.25) is 0 Å². The monoisotopic (exact) mass is 130 g/mol. The van der Waals surface area contributed by atoms with E-state index in [1.54, 1.807) is 0 Å². The summed E-state index contributed by atoms with van der Waals surface area (Å²) in [5.41, 5.74) is 2.80. The van der Waals surface area contributed by atoms with Crippen LogP contribution in [0.15, 0.2) is 0 Å². The molecule has 0 aromatic rings. The minimum atomic E-state index is 0.495. The van der Waals surface area contributed by atoms with Gasteiger partial charge in [-0.05, 0) is 12.3 Å². The average Bonchev–Trinajstić information content (AvgIpc) is 1.82. The van der Waals surface area contributed by atoms with E-state index in [1.165, 1.54) is 12.8 Å². The molecular weight excluding hydrogens is 112 g/mol. The maximum Gasteiger partial charge on any atom is 0.0233 e. The zero-order valence-corrected chi connectivity index (χ0v) is 6.65. The van der Waals surface area contributed by atoms with E-state index >= 15 is 0 Å². The number of rotatable bonds is 4. The van der Waals surface area contributed by atoms with E-state index in [0.717, 1.165) is 0 Å². The standard InChI is InChI=1S/C7H18N2/c1-4-5-7(9-8)6(2)3/h6-7,9H,4-5,8H2,1-3H3/t7-/m0/s1. The van der Waals surface area contributed by atoms with Crippen molar-refractivity contribution in [2.24, 2.45) is 11.8 Å². The van der Waals surface area contributed by atoms with Gasteiger partial charge in [0.05, 0.1) is 0 Å². The molecule has 2 heteroatoms. The largest absolute Gasteiger partial charge is 0.271 e. The predicted octanol–water partition coefficient (Wildman–Crippen LogP) is 1.27. The summed E-state index contributed by atoms with van der Waals surface area (Å²) in [7, 11) is 0. The lowest BCUT2D eigenvalue weighted by Crippen LogP contribution is -2.38. The number of nitrogens with two attached hydrogens (primary N) is 1. The van der Waals surface area contributed by atoms with E-state index in [-0.39, 0.29) is 0 Å². The van der Waals surface area contributed by atoms with Crippen molar-refractivity contribution in [2.45, 2.75) is 39.7 Å². The molecule has 0 rings (SSSR count). The molecule has 0 aromatic carbocycles. The van der Waals surface area contributed by atoms with Gasteiger partial charge >= 0.3 is 0 Å². The van der Waals surface area contributed by atoms with Gasteiger partial charge in [0.15, 0.2) is 0 Å². The van der Waals surface area contributed by atoms with Gasteiger partial charge in [0.1, 0.15) is 0 Å². The highest BCUT2D eigenvalue weighted by molar-refractivity contribution is 4.65. The van der Waals surface area contributed by atoms with Crippen molar-refractivity contribution in [3.8, 4) is 0 Å². The Morgan fingerprint density at radius 3 is 2.11 bits per heavy atom. The summed E-state index contributed by atoms with van der Waals surface area (Å²) in [6.07, 6.45) is 2.38. The summed E-state index contributed by atoms with van der Waals surface area (Å²) in [5, 5.41) is 0. The molecular formula is C7H18N2. The van der Waals surface area contributed by atoms with E-state index in [0.29, 0.717) is 12.0 Å². The van der Waals surface area contributed by atoms with Gasteiger partial charge in [0.25, 0.3) is 0 Å². The van der Waals surface area contributed by atoms with Crippen molar-refractivity contribution < 1.29 is 0 Å². The third-order valence-corrected chi connectivity index (χ3v) is 1.62. The van der Waals surface area contributed by atoms with Crippen LogP contribution >= 0.6 is 0 Å². The molecule has 0 aromatic heterocycles. The molecule has 0 aliphatic heterocycles. The van der Waals surface area contributed by atoms with Gasteiger partial charge in [0.2, 0.25) is 0 Å². The first kappa shape index (κ1) is 8.92. The Morgan fingerprint density at radius 1 is 1.44 bits per heavy atom. The highest BCUT2D eigenvalue weighted by Gasteiger charge is 2.08. The number of hydrogen-bond donors (Lipinski definition) is 2. The Morgan fingerprint density at radius 2 is 2.00 bits per heavy atom. The van der Waals surface area contributed by atoms with E-state index in [4.69, 9.17) is 5.84 Å². The first-order chi connectivity index (χ1) is 4.22. The minimum absolute atomic E-state index is 0.495. The molecule has 0 radical (unpaired) electrons. The third kappa shape index (κ3) is 3.49. The van der Waals surface area contributed by atoms with Crippen LogP contribution in [0.3, 0.4) is 0 Å². The maximum atomic E-state index is 5.31. The van der Waals surface area contributed by atoms with E-state index in [1.807, 2.05) is 0 Å². The summed E-state index contributed by atoms with van der Waals surface area (Å²) < 4.78 is 0. The van der Waals surface area contributed by atoms with Crippen molar-refractivity contribution in [3.05, 3.63) is 0 Å². The van der Waals surface area contributed by atoms with Crippen molar-refractivity contribution in [3.63, 3.8) is 0 Å². The zero-order chi connectivity index (χ0) is 7.28. The number of nitrogens with one attached hydrogen (secondary N) is 1. The van der Waals surface area contributed by atoms with Gasteiger partial charge in [0, 0.05) is 6.04 Å². The Bertz CT molecular complexity index is 61.9. The Labute approximate surface area is 57.8 Å². The van der Waals surface area contributed by atoms with Crippen LogP contribution in [-0.2, 0) is 0 Å². The second-order valence-corrected chi connectivity index (χ2v) is 2.81. The SMILES string of the molecule is CCC[C@H](NN)C(C)C. The second kappa shape index (κ2) is 4.77. The van der Waals surface area contributed by atoms with Crippen molar-refractivity contribution >= 4 is 0 Å². The molecule has 9 heavy (non-hydrogen) atoms. The van der Waals surface area contributed by atoms with Crippen LogP contribution in [0.4, 0.5) is 0 Å². The lowest BCUT2D eigenvalue weighted by molar-refractivity contribution is 0.381. The topological polar surface area (TPSA) is 38.0 Å². The Hall–Kier alpha value is -0.0800. The fourth-order valence-electron chi connectivity index (χ4n) is 0.920. The summed E-state index contributed by atoms with van der Waals surface area (Å²) in [4.78, 5) is 0. The molecule has 0 aliphatic rings. The molecule has 0 spiro atoms. The van der Waals surface area contributed by atoms with Crippen LogP contribution in [0.5, 0.6) is 0 Å². The van der Waals surface area contributed by atoms with Gasteiger partial charge in [-0.3, -0.25) is 11.3 Å². The molecule has 0 saturated carbocycles. The first-order valence-electron chi connectivity index (χ1n) is 3.68. The van der Waals surface area contributed by atoms with Crippen LogP contribution in [-0.4, -0.2) is 6.04 Å². The van der Waals surface area contributed by atoms with Crippen LogP contribution in [0, 0.1) is 5.92 Å². The molecule has 0 heterocycles. The highest BCUT2D eigenvalue weighted by Crippen LogP contribution is 2.05. The smallest absolute Gasteiger partial charge is 0.0233 e. The normalized spacial score (nSPS) is 14.3. The predicted molar refractivity (Wildman–Crippen MR) is 40.9 cm³/mol. The lowest BCUT2D eigenvalue weighted by Gasteiger charge is -2.18. The van der Waals surface area contributed by atoms with Gasteiger partial charge < -0.3 is 0 Å². The Kier molecular flexibility index (Phi) is 4.72. The van der Waals surface area contributed by atoms with Gasteiger partial charge in [-0.1, -0.05) is 27.2 Å². The molecule has 0 amide bonds. The van der Waals surface area contributed by atoms with Gasteiger partial charge in [-0.25, -0.2) is 0 Å². The first-order valence-corrected chi connectivity index (χ1v) is 3.68. The molecule has 0 unspecified atom stereocenters. The van der Waals surface area contributed by atoms with Crippen LogP contribution in [0.25, 0.3) is 0 Å². The van der Waals surface area contributed by atoms with Crippen molar-refractivity contribution in [1.29, 1.82) is 0 Å². The van der Waals surface area contributed by atoms with Gasteiger partial charge in [-0.15, -0.1) is 0 Å². The van der Waals surface area contributed by atoms with Gasteiger partial charge in [-0.2, -0.15) is 0 Å².